The van der Waals surface area contributed by atoms with Crippen molar-refractivity contribution in [3.8, 4) is 11.5 Å². The van der Waals surface area contributed by atoms with E-state index >= 15 is 0 Å². The fraction of sp³-hybridized carbons (Fsp3) is 0.556. The monoisotopic (exact) mass is 350 g/mol. The minimum absolute atomic E-state index is 0.0270. The van der Waals surface area contributed by atoms with Gasteiger partial charge in [0.15, 0.2) is 11.5 Å². The first-order valence-corrected chi connectivity index (χ1v) is 8.30. The lowest BCUT2D eigenvalue weighted by atomic mass is 10.1. The van der Waals surface area contributed by atoms with E-state index in [4.69, 9.17) is 14.6 Å². The van der Waals surface area contributed by atoms with Gasteiger partial charge >= 0.3 is 5.97 Å². The summed E-state index contributed by atoms with van der Waals surface area (Å²) < 4.78 is 10.5. The molecule has 0 aromatic heterocycles. The highest BCUT2D eigenvalue weighted by molar-refractivity contribution is 5.81. The lowest BCUT2D eigenvalue weighted by Crippen LogP contribution is -2.44. The molecule has 7 nitrogen and oxygen atoms in total. The van der Waals surface area contributed by atoms with Gasteiger partial charge in [0.25, 0.3) is 0 Å². The van der Waals surface area contributed by atoms with Crippen LogP contribution in [0, 0.1) is 5.92 Å². The zero-order chi connectivity index (χ0) is 18.6. The number of aliphatic carboxylic acids is 1. The van der Waals surface area contributed by atoms with Crippen molar-refractivity contribution in [2.75, 3.05) is 34.4 Å². The lowest BCUT2D eigenvalue weighted by Gasteiger charge is -2.28. The summed E-state index contributed by atoms with van der Waals surface area (Å²) in [4.78, 5) is 27.3. The number of benzene rings is 1. The van der Waals surface area contributed by atoms with E-state index in [1.807, 2.05) is 30.0 Å². The Labute approximate surface area is 148 Å². The fourth-order valence-corrected chi connectivity index (χ4v) is 3.15. The van der Waals surface area contributed by atoms with Crippen molar-refractivity contribution in [2.24, 2.45) is 5.92 Å². The second-order valence-electron chi connectivity index (χ2n) is 6.38. The molecule has 1 amide bonds. The van der Waals surface area contributed by atoms with Crippen molar-refractivity contribution in [3.63, 3.8) is 0 Å². The van der Waals surface area contributed by atoms with E-state index in [1.165, 1.54) is 0 Å². The average Bonchev–Trinajstić information content (AvgIpc) is 3.10. The number of rotatable bonds is 7. The Morgan fingerprint density at radius 2 is 2.00 bits per heavy atom. The van der Waals surface area contributed by atoms with Crippen molar-refractivity contribution in [1.82, 2.24) is 9.80 Å². The van der Waals surface area contributed by atoms with Gasteiger partial charge in [0.1, 0.15) is 0 Å². The molecule has 1 aromatic rings. The minimum Gasteiger partial charge on any atom is -0.493 e. The van der Waals surface area contributed by atoms with Gasteiger partial charge in [-0.1, -0.05) is 6.07 Å². The number of carboxylic acid groups (broad SMARTS) is 1. The van der Waals surface area contributed by atoms with Crippen LogP contribution in [0.2, 0.25) is 0 Å². The molecular weight excluding hydrogens is 324 g/mol. The number of nitrogens with zero attached hydrogens (tertiary/aromatic N) is 2. The van der Waals surface area contributed by atoms with Crippen LogP contribution in [0.15, 0.2) is 18.2 Å². The number of hydrogen-bond donors (Lipinski definition) is 1. The summed E-state index contributed by atoms with van der Waals surface area (Å²) in [7, 11) is 4.90. The third-order valence-electron chi connectivity index (χ3n) is 4.72. The van der Waals surface area contributed by atoms with E-state index in [0.717, 1.165) is 5.56 Å². The first kappa shape index (κ1) is 19.1. The molecule has 1 heterocycles. The number of likely N-dealkylation sites (N-methyl/N-ethyl adjacent to an activating group) is 1. The van der Waals surface area contributed by atoms with Crippen LogP contribution in [0.1, 0.15) is 18.9 Å². The molecule has 1 aromatic carbocycles. The zero-order valence-corrected chi connectivity index (χ0v) is 15.2. The van der Waals surface area contributed by atoms with Gasteiger partial charge in [-0.05, 0) is 37.6 Å². The van der Waals surface area contributed by atoms with E-state index in [1.54, 1.807) is 26.2 Å². The van der Waals surface area contributed by atoms with Crippen molar-refractivity contribution in [3.05, 3.63) is 23.8 Å². The van der Waals surface area contributed by atoms with Crippen molar-refractivity contribution < 1.29 is 24.2 Å². The summed E-state index contributed by atoms with van der Waals surface area (Å²) in [5.41, 5.74) is 0.936. The summed E-state index contributed by atoms with van der Waals surface area (Å²) in [5.74, 6) is 0.0659. The van der Waals surface area contributed by atoms with E-state index in [9.17, 15) is 9.59 Å². The molecule has 0 aliphatic carbocycles. The topological polar surface area (TPSA) is 79.3 Å². The summed E-state index contributed by atoms with van der Waals surface area (Å²) in [6.45, 7) is 3.33. The molecule has 2 rings (SSSR count). The maximum Gasteiger partial charge on any atom is 0.307 e. The van der Waals surface area contributed by atoms with Gasteiger partial charge in [0, 0.05) is 20.1 Å². The third kappa shape index (κ3) is 4.42. The van der Waals surface area contributed by atoms with Gasteiger partial charge in [-0.25, -0.2) is 0 Å². The first-order chi connectivity index (χ1) is 11.9. The zero-order valence-electron chi connectivity index (χ0n) is 15.2. The molecule has 1 aliphatic rings. The molecule has 2 unspecified atom stereocenters. The molecule has 1 aliphatic heterocycles. The lowest BCUT2D eigenvalue weighted by molar-refractivity contribution is -0.142. The number of ether oxygens (including phenoxy) is 2. The Balaban J connectivity index is 1.99. The largest absolute Gasteiger partial charge is 0.493 e. The number of methoxy groups -OCH3 is 2. The molecule has 7 heteroatoms. The van der Waals surface area contributed by atoms with E-state index in [-0.39, 0.29) is 17.9 Å². The Morgan fingerprint density at radius 1 is 1.32 bits per heavy atom. The number of carboxylic acids is 1. The molecule has 0 bridgehead atoms. The van der Waals surface area contributed by atoms with Gasteiger partial charge < -0.3 is 19.5 Å². The van der Waals surface area contributed by atoms with Crippen LogP contribution in [0.4, 0.5) is 0 Å². The van der Waals surface area contributed by atoms with Crippen LogP contribution in [-0.4, -0.2) is 67.2 Å². The van der Waals surface area contributed by atoms with E-state index in [2.05, 4.69) is 0 Å². The van der Waals surface area contributed by atoms with Gasteiger partial charge in [-0.3, -0.25) is 14.5 Å². The Kier molecular flexibility index (Phi) is 6.25. The maximum atomic E-state index is 12.7. The Morgan fingerprint density at radius 3 is 2.56 bits per heavy atom. The number of hydrogen-bond acceptors (Lipinski definition) is 5. The van der Waals surface area contributed by atoms with Crippen molar-refractivity contribution >= 4 is 11.9 Å². The Hall–Kier alpha value is -2.28. The summed E-state index contributed by atoms with van der Waals surface area (Å²) in [6, 6.07) is 5.22. The van der Waals surface area contributed by atoms with Gasteiger partial charge in [0.05, 0.1) is 26.2 Å². The van der Waals surface area contributed by atoms with Crippen LogP contribution in [0.5, 0.6) is 11.5 Å². The molecule has 0 radical (unpaired) electrons. The predicted molar refractivity (Wildman–Crippen MR) is 92.8 cm³/mol. The minimum atomic E-state index is -0.791. The van der Waals surface area contributed by atoms with Crippen LogP contribution < -0.4 is 9.47 Å². The van der Waals surface area contributed by atoms with E-state index in [0.29, 0.717) is 37.6 Å². The number of carbonyl (C=O) groups excluding carboxylic acids is 1. The highest BCUT2D eigenvalue weighted by Crippen LogP contribution is 2.28. The van der Waals surface area contributed by atoms with Gasteiger partial charge in [-0.2, -0.15) is 0 Å². The number of amides is 1. The maximum absolute atomic E-state index is 12.7. The quantitative estimate of drug-likeness (QED) is 0.802. The molecule has 1 fully saturated rings. The Bertz CT molecular complexity index is 634. The fourth-order valence-electron chi connectivity index (χ4n) is 3.15. The molecule has 0 spiro atoms. The number of likely N-dealkylation sites (tertiary alicyclic amines) is 1. The standard InChI is InChI=1S/C18H26N2O5/c1-12(20-8-7-14(11-20)18(22)23)17(21)19(2)10-13-5-6-15(24-3)16(9-13)25-4/h5-6,9,12,14H,7-8,10-11H2,1-4H3,(H,22,23). The van der Waals surface area contributed by atoms with Gasteiger partial charge in [-0.15, -0.1) is 0 Å². The summed E-state index contributed by atoms with van der Waals surface area (Å²) in [5, 5.41) is 9.10. The first-order valence-electron chi connectivity index (χ1n) is 8.30. The molecule has 138 valence electrons. The second-order valence-corrected chi connectivity index (χ2v) is 6.38. The highest BCUT2D eigenvalue weighted by Gasteiger charge is 2.34. The van der Waals surface area contributed by atoms with E-state index < -0.39 is 5.97 Å². The number of carbonyl (C=O) groups is 2. The van der Waals surface area contributed by atoms with Crippen LogP contribution in [0.25, 0.3) is 0 Å². The molecule has 1 N–H and O–H groups in total. The molecule has 2 atom stereocenters. The van der Waals surface area contributed by atoms with Crippen LogP contribution in [0.3, 0.4) is 0 Å². The molecular formula is C18H26N2O5. The van der Waals surface area contributed by atoms with Crippen molar-refractivity contribution in [1.29, 1.82) is 0 Å². The molecule has 0 saturated carbocycles. The van der Waals surface area contributed by atoms with Gasteiger partial charge in [0.2, 0.25) is 5.91 Å². The summed E-state index contributed by atoms with van der Waals surface area (Å²) in [6.07, 6.45) is 0.590. The molecule has 25 heavy (non-hydrogen) atoms. The predicted octanol–water partition coefficient (Wildman–Crippen LogP) is 1.46. The normalized spacial score (nSPS) is 18.6. The van der Waals surface area contributed by atoms with Crippen LogP contribution in [-0.2, 0) is 16.1 Å². The molecule has 1 saturated heterocycles. The smallest absolute Gasteiger partial charge is 0.307 e. The highest BCUT2D eigenvalue weighted by atomic mass is 16.5. The average molecular weight is 350 g/mol. The second kappa shape index (κ2) is 8.20. The SMILES string of the molecule is COc1ccc(CN(C)C(=O)C(C)N2CCC(C(=O)O)C2)cc1OC. The van der Waals surface area contributed by atoms with Crippen LogP contribution >= 0.6 is 0 Å². The third-order valence-corrected chi connectivity index (χ3v) is 4.72. The van der Waals surface area contributed by atoms with Crippen molar-refractivity contribution in [2.45, 2.75) is 25.9 Å². The summed E-state index contributed by atoms with van der Waals surface area (Å²) >= 11 is 0.